The second-order valence-electron chi connectivity index (χ2n) is 9.06. The largest absolute Gasteiger partial charge is 0.495 e. The molecule has 2 N–H and O–H groups in total. The lowest BCUT2D eigenvalue weighted by atomic mass is 10.0. The first-order chi connectivity index (χ1) is 17.9. The van der Waals surface area contributed by atoms with Crippen LogP contribution in [0.1, 0.15) is 41.7 Å². The molecule has 8 nitrogen and oxygen atoms in total. The first kappa shape index (κ1) is 25.4. The van der Waals surface area contributed by atoms with Gasteiger partial charge < -0.3 is 25.2 Å². The normalized spacial score (nSPS) is 15.7. The van der Waals surface area contributed by atoms with Gasteiger partial charge in [-0.15, -0.1) is 10.2 Å². The van der Waals surface area contributed by atoms with Crippen molar-refractivity contribution in [1.82, 2.24) is 15.1 Å². The Morgan fingerprint density at radius 2 is 1.92 bits per heavy atom. The van der Waals surface area contributed by atoms with Gasteiger partial charge in [-0.1, -0.05) is 23.2 Å². The molecule has 194 valence electrons. The minimum Gasteiger partial charge on any atom is -0.495 e. The summed E-state index contributed by atoms with van der Waals surface area (Å²) in [4.78, 5) is 16.7. The molecule has 1 saturated heterocycles. The van der Waals surface area contributed by atoms with Gasteiger partial charge in [0.15, 0.2) is 11.6 Å². The number of rotatable bonds is 6. The molecule has 0 aliphatic carbocycles. The predicted molar refractivity (Wildman–Crippen MR) is 144 cm³/mol. The molecule has 0 spiro atoms. The first-order valence-electron chi connectivity index (χ1n) is 12.1. The van der Waals surface area contributed by atoms with Crippen LogP contribution in [0.25, 0.3) is 0 Å². The number of hydrogen-bond acceptors (Lipinski definition) is 7. The van der Waals surface area contributed by atoms with Crippen molar-refractivity contribution >= 4 is 52.1 Å². The molecule has 0 unspecified atom stereocenters. The molecule has 2 aliphatic heterocycles. The number of aromatic nitrogens is 2. The third kappa shape index (κ3) is 4.98. The highest BCUT2D eigenvalue weighted by atomic mass is 35.5. The minimum atomic E-state index is -0.516. The van der Waals surface area contributed by atoms with Crippen LogP contribution < -0.4 is 20.3 Å². The Balaban J connectivity index is 1.43. The maximum Gasteiger partial charge on any atom is 0.253 e. The SMILES string of the molecule is COc1cc(C(=O)N2CCCC2)ccc1Nc1cc2c(nn1)NCCN2[C@H](C)c1c(Cl)ccc(F)c1Cl. The van der Waals surface area contributed by atoms with Crippen LogP contribution in [-0.2, 0) is 0 Å². The second kappa shape index (κ2) is 10.6. The lowest BCUT2D eigenvalue weighted by Crippen LogP contribution is -2.37. The van der Waals surface area contributed by atoms with E-state index in [1.807, 2.05) is 17.9 Å². The number of benzene rings is 2. The summed E-state index contributed by atoms with van der Waals surface area (Å²) in [6, 6.07) is 9.62. The molecule has 3 heterocycles. The fraction of sp³-hybridized carbons (Fsp3) is 0.346. The first-order valence-corrected chi connectivity index (χ1v) is 12.9. The van der Waals surface area contributed by atoms with E-state index in [4.69, 9.17) is 27.9 Å². The number of amides is 1. The van der Waals surface area contributed by atoms with Crippen LogP contribution in [0.2, 0.25) is 10.0 Å². The van der Waals surface area contributed by atoms with Crippen molar-refractivity contribution in [3.05, 3.63) is 63.4 Å². The Kier molecular flexibility index (Phi) is 7.26. The average Bonchev–Trinajstić information content (AvgIpc) is 3.45. The quantitative estimate of drug-likeness (QED) is 0.373. The van der Waals surface area contributed by atoms with Crippen LogP contribution in [0.5, 0.6) is 5.75 Å². The molecule has 1 aromatic heterocycles. The summed E-state index contributed by atoms with van der Waals surface area (Å²) in [5.74, 6) is 1.09. The van der Waals surface area contributed by atoms with Crippen molar-refractivity contribution in [3.8, 4) is 5.75 Å². The number of anilines is 4. The monoisotopic (exact) mass is 544 g/mol. The summed E-state index contributed by atoms with van der Waals surface area (Å²) in [5, 5.41) is 15.6. The third-order valence-electron chi connectivity index (χ3n) is 6.80. The third-order valence-corrected chi connectivity index (χ3v) is 7.51. The van der Waals surface area contributed by atoms with Gasteiger partial charge >= 0.3 is 0 Å². The standard InChI is InChI=1S/C26H27Cl2FN6O2/c1-15(23-17(27)6-7-18(29)24(23)28)35-12-9-30-25-20(35)14-22(32-33-25)31-19-8-5-16(13-21(19)37-2)26(36)34-10-3-4-11-34/h5-8,13-15H,3-4,9-12H2,1-2H3,(H,30,33)(H,31,32)/t15-/m1/s1. The lowest BCUT2D eigenvalue weighted by molar-refractivity contribution is 0.0792. The van der Waals surface area contributed by atoms with E-state index in [0.29, 0.717) is 52.3 Å². The van der Waals surface area contributed by atoms with Crippen molar-refractivity contribution in [1.29, 1.82) is 0 Å². The Morgan fingerprint density at radius 1 is 1.14 bits per heavy atom. The van der Waals surface area contributed by atoms with E-state index in [9.17, 15) is 9.18 Å². The summed E-state index contributed by atoms with van der Waals surface area (Å²) in [6.07, 6.45) is 2.06. The predicted octanol–water partition coefficient (Wildman–Crippen LogP) is 5.90. The number of fused-ring (bicyclic) bond motifs is 1. The molecule has 1 amide bonds. The molecule has 0 saturated carbocycles. The molecule has 1 atom stereocenters. The van der Waals surface area contributed by atoms with Crippen LogP contribution >= 0.6 is 23.2 Å². The summed E-state index contributed by atoms with van der Waals surface area (Å²) in [7, 11) is 1.56. The zero-order valence-corrected chi connectivity index (χ0v) is 22.0. The Labute approximate surface area is 224 Å². The van der Waals surface area contributed by atoms with E-state index in [2.05, 4.69) is 25.7 Å². The van der Waals surface area contributed by atoms with E-state index in [1.54, 1.807) is 25.3 Å². The summed E-state index contributed by atoms with van der Waals surface area (Å²) < 4.78 is 19.8. The number of nitrogens with one attached hydrogen (secondary N) is 2. The summed E-state index contributed by atoms with van der Waals surface area (Å²) in [5.41, 5.74) is 2.51. The fourth-order valence-corrected chi connectivity index (χ4v) is 5.54. The van der Waals surface area contributed by atoms with Crippen molar-refractivity contribution in [3.63, 3.8) is 0 Å². The van der Waals surface area contributed by atoms with Crippen molar-refractivity contribution < 1.29 is 13.9 Å². The number of likely N-dealkylation sites (tertiary alicyclic amines) is 1. The molecule has 5 rings (SSSR count). The van der Waals surface area contributed by atoms with Crippen LogP contribution in [0.15, 0.2) is 36.4 Å². The Morgan fingerprint density at radius 3 is 2.68 bits per heavy atom. The fourth-order valence-electron chi connectivity index (χ4n) is 4.86. The van der Waals surface area contributed by atoms with Crippen molar-refractivity contribution in [2.24, 2.45) is 0 Å². The molecule has 0 radical (unpaired) electrons. The maximum atomic E-state index is 14.2. The maximum absolute atomic E-state index is 14.2. The summed E-state index contributed by atoms with van der Waals surface area (Å²) >= 11 is 12.7. The highest BCUT2D eigenvalue weighted by Gasteiger charge is 2.28. The topological polar surface area (TPSA) is 82.6 Å². The van der Waals surface area contributed by atoms with Gasteiger partial charge in [-0.3, -0.25) is 4.79 Å². The van der Waals surface area contributed by atoms with Crippen LogP contribution in [-0.4, -0.2) is 54.3 Å². The van der Waals surface area contributed by atoms with Gasteiger partial charge in [-0.05, 0) is 50.1 Å². The van der Waals surface area contributed by atoms with Gasteiger partial charge in [0.05, 0.1) is 29.5 Å². The lowest BCUT2D eigenvalue weighted by Gasteiger charge is -2.36. The van der Waals surface area contributed by atoms with Crippen molar-refractivity contribution in [2.75, 3.05) is 48.8 Å². The van der Waals surface area contributed by atoms with Crippen molar-refractivity contribution in [2.45, 2.75) is 25.8 Å². The number of carbonyl (C=O) groups excluding carboxylic acids is 1. The number of nitrogens with zero attached hydrogens (tertiary/aromatic N) is 4. The molecule has 2 aliphatic rings. The molecule has 1 fully saturated rings. The number of halogens is 3. The van der Waals surface area contributed by atoms with Gasteiger partial charge in [-0.25, -0.2) is 4.39 Å². The molecule has 0 bridgehead atoms. The van der Waals surface area contributed by atoms with E-state index < -0.39 is 5.82 Å². The van der Waals surface area contributed by atoms with Gasteiger partial charge in [-0.2, -0.15) is 0 Å². The number of carbonyl (C=O) groups is 1. The van der Waals surface area contributed by atoms with E-state index in [1.165, 1.54) is 12.1 Å². The molecular weight excluding hydrogens is 518 g/mol. The van der Waals surface area contributed by atoms with E-state index in [0.717, 1.165) is 31.6 Å². The zero-order chi connectivity index (χ0) is 26.1. The molecule has 3 aromatic rings. The highest BCUT2D eigenvalue weighted by molar-refractivity contribution is 6.36. The number of hydrogen-bond donors (Lipinski definition) is 2. The van der Waals surface area contributed by atoms with Gasteiger partial charge in [0, 0.05) is 48.4 Å². The number of ether oxygens (including phenoxy) is 1. The van der Waals surface area contributed by atoms with Crippen LogP contribution in [0.4, 0.5) is 27.4 Å². The molecule has 2 aromatic carbocycles. The molecule has 11 heteroatoms. The molecule has 37 heavy (non-hydrogen) atoms. The summed E-state index contributed by atoms with van der Waals surface area (Å²) in [6.45, 7) is 4.73. The average molecular weight is 545 g/mol. The highest BCUT2D eigenvalue weighted by Crippen LogP contribution is 2.41. The second-order valence-corrected chi connectivity index (χ2v) is 9.84. The van der Waals surface area contributed by atoms with Crippen LogP contribution in [0, 0.1) is 5.82 Å². The van der Waals surface area contributed by atoms with Gasteiger partial charge in [0.1, 0.15) is 11.6 Å². The Bertz CT molecular complexity index is 1330. The van der Waals surface area contributed by atoms with Crippen LogP contribution in [0.3, 0.4) is 0 Å². The number of methoxy groups -OCH3 is 1. The zero-order valence-electron chi connectivity index (χ0n) is 20.5. The molecular formula is C26H27Cl2FN6O2. The van der Waals surface area contributed by atoms with E-state index in [-0.39, 0.29) is 17.0 Å². The smallest absolute Gasteiger partial charge is 0.253 e. The van der Waals surface area contributed by atoms with Gasteiger partial charge in [0.2, 0.25) is 0 Å². The Hall–Kier alpha value is -3.30. The van der Waals surface area contributed by atoms with Gasteiger partial charge in [0.25, 0.3) is 5.91 Å². The minimum absolute atomic E-state index is 0.00120. The van der Waals surface area contributed by atoms with E-state index >= 15 is 0 Å².